The number of sulfone groups is 1. The highest BCUT2D eigenvalue weighted by Crippen LogP contribution is 2.28. The summed E-state index contributed by atoms with van der Waals surface area (Å²) in [5.41, 5.74) is -0.208. The second-order valence-electron chi connectivity index (χ2n) is 4.79. The molecule has 1 N–H and O–H groups in total. The molecule has 128 valence electrons. The SMILES string of the molecule is O=C(O)c1cc(OC(F)(F)F)cc(S(=O)(=O)Cc2ccccc2)c1. The number of hydrogen-bond acceptors (Lipinski definition) is 4. The van der Waals surface area contributed by atoms with Crippen LogP contribution in [0.15, 0.2) is 53.4 Å². The van der Waals surface area contributed by atoms with Crippen molar-refractivity contribution >= 4 is 15.8 Å². The molecule has 0 radical (unpaired) electrons. The molecule has 0 saturated heterocycles. The van der Waals surface area contributed by atoms with E-state index in [2.05, 4.69) is 4.74 Å². The molecule has 0 aliphatic heterocycles. The summed E-state index contributed by atoms with van der Waals surface area (Å²) in [6.45, 7) is 0. The lowest BCUT2D eigenvalue weighted by atomic mass is 10.2. The van der Waals surface area contributed by atoms with Crippen LogP contribution in [0.2, 0.25) is 0 Å². The molecular weight excluding hydrogens is 349 g/mol. The van der Waals surface area contributed by atoms with E-state index in [9.17, 15) is 26.4 Å². The first-order chi connectivity index (χ1) is 11.1. The molecule has 0 saturated carbocycles. The van der Waals surface area contributed by atoms with Gasteiger partial charge < -0.3 is 9.84 Å². The molecule has 0 atom stereocenters. The van der Waals surface area contributed by atoms with Gasteiger partial charge in [0.1, 0.15) is 5.75 Å². The number of ether oxygens (including phenoxy) is 1. The Morgan fingerprint density at radius 3 is 2.25 bits per heavy atom. The molecule has 0 spiro atoms. The second kappa shape index (κ2) is 6.52. The number of carboxylic acids is 1. The average Bonchev–Trinajstić information content (AvgIpc) is 2.45. The van der Waals surface area contributed by atoms with Gasteiger partial charge in [-0.2, -0.15) is 0 Å². The summed E-state index contributed by atoms with van der Waals surface area (Å²) >= 11 is 0. The molecule has 5 nitrogen and oxygen atoms in total. The molecule has 24 heavy (non-hydrogen) atoms. The lowest BCUT2D eigenvalue weighted by Gasteiger charge is -2.12. The average molecular weight is 360 g/mol. The molecule has 0 aromatic heterocycles. The Labute approximate surface area is 135 Å². The fourth-order valence-electron chi connectivity index (χ4n) is 1.94. The van der Waals surface area contributed by atoms with Crippen molar-refractivity contribution in [1.82, 2.24) is 0 Å². The molecule has 2 rings (SSSR count). The van der Waals surface area contributed by atoms with E-state index in [1.54, 1.807) is 18.2 Å². The van der Waals surface area contributed by atoms with Gasteiger partial charge in [-0.05, 0) is 23.8 Å². The van der Waals surface area contributed by atoms with Gasteiger partial charge in [0, 0.05) is 0 Å². The first-order valence-electron chi connectivity index (χ1n) is 6.48. The van der Waals surface area contributed by atoms with Gasteiger partial charge in [-0.1, -0.05) is 30.3 Å². The van der Waals surface area contributed by atoms with Gasteiger partial charge in [0.05, 0.1) is 16.2 Å². The Kier molecular flexibility index (Phi) is 4.83. The molecule has 0 aliphatic carbocycles. The molecule has 0 amide bonds. The van der Waals surface area contributed by atoms with Crippen LogP contribution in [-0.4, -0.2) is 25.9 Å². The predicted octanol–water partition coefficient (Wildman–Crippen LogP) is 3.26. The zero-order valence-electron chi connectivity index (χ0n) is 11.9. The van der Waals surface area contributed by atoms with Crippen LogP contribution < -0.4 is 4.74 Å². The van der Waals surface area contributed by atoms with Gasteiger partial charge >= 0.3 is 12.3 Å². The van der Waals surface area contributed by atoms with Crippen molar-refractivity contribution in [3.05, 3.63) is 59.7 Å². The maximum atomic E-state index is 12.4. The number of hydrogen-bond donors (Lipinski definition) is 1. The molecule has 9 heteroatoms. The van der Waals surface area contributed by atoms with Crippen LogP contribution in [-0.2, 0) is 15.6 Å². The fraction of sp³-hybridized carbons (Fsp3) is 0.133. The van der Waals surface area contributed by atoms with E-state index in [-0.39, 0.29) is 0 Å². The minimum Gasteiger partial charge on any atom is -0.478 e. The van der Waals surface area contributed by atoms with Crippen molar-refractivity contribution in [2.24, 2.45) is 0 Å². The molecule has 2 aromatic carbocycles. The van der Waals surface area contributed by atoms with E-state index in [0.29, 0.717) is 17.7 Å². The number of alkyl halides is 3. The van der Waals surface area contributed by atoms with Crippen LogP contribution in [0.25, 0.3) is 0 Å². The predicted molar refractivity (Wildman–Crippen MR) is 77.4 cm³/mol. The number of aromatic carboxylic acids is 1. The lowest BCUT2D eigenvalue weighted by Crippen LogP contribution is -2.18. The maximum absolute atomic E-state index is 12.4. The number of halogens is 3. The van der Waals surface area contributed by atoms with Crippen molar-refractivity contribution in [3.63, 3.8) is 0 Å². The number of carbonyl (C=O) groups is 1. The summed E-state index contributed by atoms with van der Waals surface area (Å²) in [5.74, 6) is -2.96. The monoisotopic (exact) mass is 360 g/mol. The van der Waals surface area contributed by atoms with Crippen molar-refractivity contribution in [2.75, 3.05) is 0 Å². The van der Waals surface area contributed by atoms with Gasteiger partial charge in [0.2, 0.25) is 0 Å². The third kappa shape index (κ3) is 4.72. The van der Waals surface area contributed by atoms with Crippen molar-refractivity contribution < 1.29 is 36.2 Å². The Morgan fingerprint density at radius 1 is 1.08 bits per heavy atom. The zero-order valence-corrected chi connectivity index (χ0v) is 12.8. The fourth-order valence-corrected chi connectivity index (χ4v) is 3.34. The smallest absolute Gasteiger partial charge is 0.478 e. The molecule has 0 bridgehead atoms. The zero-order chi connectivity index (χ0) is 18.0. The summed E-state index contributed by atoms with van der Waals surface area (Å²) in [5, 5.41) is 8.96. The first-order valence-corrected chi connectivity index (χ1v) is 8.13. The Morgan fingerprint density at radius 2 is 1.71 bits per heavy atom. The molecule has 0 aliphatic rings. The van der Waals surface area contributed by atoms with Crippen LogP contribution >= 0.6 is 0 Å². The van der Waals surface area contributed by atoms with Gasteiger partial charge in [-0.3, -0.25) is 0 Å². The Bertz CT molecular complexity index is 845. The first kappa shape index (κ1) is 17.8. The van der Waals surface area contributed by atoms with Gasteiger partial charge in [-0.15, -0.1) is 13.2 Å². The van der Waals surface area contributed by atoms with Gasteiger partial charge in [0.25, 0.3) is 0 Å². The highest BCUT2D eigenvalue weighted by Gasteiger charge is 2.32. The third-order valence-electron chi connectivity index (χ3n) is 2.92. The van der Waals surface area contributed by atoms with E-state index in [1.807, 2.05) is 0 Å². The summed E-state index contributed by atoms with van der Waals surface area (Å²) in [6.07, 6.45) is -5.07. The Balaban J connectivity index is 2.46. The summed E-state index contributed by atoms with van der Waals surface area (Å²) < 4.78 is 65.4. The van der Waals surface area contributed by atoms with E-state index in [0.717, 1.165) is 6.07 Å². The number of benzene rings is 2. The molecule has 0 fully saturated rings. The largest absolute Gasteiger partial charge is 0.573 e. The molecule has 0 heterocycles. The van der Waals surface area contributed by atoms with Crippen molar-refractivity contribution in [3.8, 4) is 5.75 Å². The van der Waals surface area contributed by atoms with E-state index >= 15 is 0 Å². The van der Waals surface area contributed by atoms with E-state index in [1.165, 1.54) is 12.1 Å². The lowest BCUT2D eigenvalue weighted by molar-refractivity contribution is -0.274. The Hall–Kier alpha value is -2.55. The quantitative estimate of drug-likeness (QED) is 0.885. The van der Waals surface area contributed by atoms with Crippen molar-refractivity contribution in [2.45, 2.75) is 17.0 Å². The van der Waals surface area contributed by atoms with Crippen LogP contribution in [0.5, 0.6) is 5.75 Å². The maximum Gasteiger partial charge on any atom is 0.573 e. The normalized spacial score (nSPS) is 12.0. The molecular formula is C15H11F3O5S. The van der Waals surface area contributed by atoms with Crippen LogP contribution in [0.3, 0.4) is 0 Å². The third-order valence-corrected chi connectivity index (χ3v) is 4.59. The minimum absolute atomic E-state index is 0.413. The van der Waals surface area contributed by atoms with E-state index in [4.69, 9.17) is 5.11 Å². The number of rotatable bonds is 5. The second-order valence-corrected chi connectivity index (χ2v) is 6.78. The standard InChI is InChI=1S/C15H11F3O5S/c16-15(17,18)23-12-6-11(14(19)20)7-13(8-12)24(21,22)9-10-4-2-1-3-5-10/h1-8H,9H2,(H,19,20). The highest BCUT2D eigenvalue weighted by molar-refractivity contribution is 7.90. The van der Waals surface area contributed by atoms with Gasteiger partial charge in [-0.25, -0.2) is 13.2 Å². The van der Waals surface area contributed by atoms with Crippen molar-refractivity contribution in [1.29, 1.82) is 0 Å². The van der Waals surface area contributed by atoms with Crippen LogP contribution in [0, 0.1) is 0 Å². The summed E-state index contributed by atoms with van der Waals surface area (Å²) in [6, 6.07) is 10.0. The topological polar surface area (TPSA) is 80.7 Å². The van der Waals surface area contributed by atoms with E-state index < -0.39 is 44.1 Å². The molecule has 0 unspecified atom stereocenters. The van der Waals surface area contributed by atoms with Gasteiger partial charge in [0.15, 0.2) is 9.84 Å². The minimum atomic E-state index is -5.07. The summed E-state index contributed by atoms with van der Waals surface area (Å²) in [4.78, 5) is 10.5. The number of carboxylic acid groups (broad SMARTS) is 1. The van der Waals surface area contributed by atoms with Crippen LogP contribution in [0.1, 0.15) is 15.9 Å². The molecule has 2 aromatic rings. The summed E-state index contributed by atoms with van der Waals surface area (Å²) in [7, 11) is -4.06. The van der Waals surface area contributed by atoms with Crippen LogP contribution in [0.4, 0.5) is 13.2 Å². The highest BCUT2D eigenvalue weighted by atomic mass is 32.2.